The van der Waals surface area contributed by atoms with Crippen molar-refractivity contribution in [1.82, 2.24) is 0 Å². The van der Waals surface area contributed by atoms with E-state index in [1.807, 2.05) is 0 Å². The van der Waals surface area contributed by atoms with Crippen molar-refractivity contribution < 1.29 is 9.47 Å². The lowest BCUT2D eigenvalue weighted by molar-refractivity contribution is -0.110. The van der Waals surface area contributed by atoms with Gasteiger partial charge >= 0.3 is 0 Å². The van der Waals surface area contributed by atoms with Gasteiger partial charge in [-0.3, -0.25) is 0 Å². The van der Waals surface area contributed by atoms with Crippen LogP contribution in [0.1, 0.15) is 58.3 Å². The smallest absolute Gasteiger partial charge is 0.146 e. The summed E-state index contributed by atoms with van der Waals surface area (Å²) in [6, 6.07) is 2.51. The highest BCUT2D eigenvalue weighted by Crippen LogP contribution is 2.61. The van der Waals surface area contributed by atoms with E-state index in [0.717, 1.165) is 41.6 Å². The minimum absolute atomic E-state index is 0.182. The van der Waals surface area contributed by atoms with Crippen LogP contribution < -0.4 is 0 Å². The normalized spacial score (nSPS) is 47.1. The topological polar surface area (TPSA) is 42.2 Å². The molecule has 4 aliphatic rings. The zero-order valence-electron chi connectivity index (χ0n) is 15.2. The van der Waals surface area contributed by atoms with E-state index in [0.29, 0.717) is 12.9 Å². The lowest BCUT2D eigenvalue weighted by Gasteiger charge is -2.54. The number of allylic oxidation sites excluding steroid dienone is 2. The minimum atomic E-state index is 0.182. The minimum Gasteiger partial charge on any atom is -0.359 e. The highest BCUT2D eigenvalue weighted by Gasteiger charge is 2.53. The lowest BCUT2D eigenvalue weighted by Crippen LogP contribution is -2.46. The molecule has 24 heavy (non-hydrogen) atoms. The molecular formula is C21H31NO2. The molecule has 0 unspecified atom stereocenters. The molecule has 4 aliphatic carbocycles. The first-order valence-corrected chi connectivity index (χ1v) is 9.87. The molecule has 0 aromatic carbocycles. The Morgan fingerprint density at radius 2 is 2.04 bits per heavy atom. The Morgan fingerprint density at radius 3 is 2.83 bits per heavy atom. The third-order valence-electron chi connectivity index (χ3n) is 7.98. The van der Waals surface area contributed by atoms with Crippen molar-refractivity contribution >= 4 is 0 Å². The second-order valence-electron chi connectivity index (χ2n) is 8.95. The number of rotatable bonds is 3. The average Bonchev–Trinajstić information content (AvgIpc) is 2.95. The van der Waals surface area contributed by atoms with Crippen molar-refractivity contribution in [3.05, 3.63) is 11.6 Å². The van der Waals surface area contributed by atoms with Gasteiger partial charge in [0.1, 0.15) is 6.79 Å². The molecule has 0 bridgehead atoms. The van der Waals surface area contributed by atoms with Crippen molar-refractivity contribution in [3.8, 4) is 6.07 Å². The Morgan fingerprint density at radius 1 is 1.17 bits per heavy atom. The first-order valence-electron chi connectivity index (χ1n) is 9.87. The summed E-state index contributed by atoms with van der Waals surface area (Å²) in [7, 11) is 1.71. The van der Waals surface area contributed by atoms with Gasteiger partial charge in [-0.15, -0.1) is 0 Å². The Labute approximate surface area is 146 Å². The quantitative estimate of drug-likeness (QED) is 0.706. The second kappa shape index (κ2) is 6.46. The Balaban J connectivity index is 1.44. The van der Waals surface area contributed by atoms with Gasteiger partial charge in [-0.25, -0.2) is 0 Å². The molecule has 3 fully saturated rings. The van der Waals surface area contributed by atoms with Crippen LogP contribution in [0.5, 0.6) is 0 Å². The summed E-state index contributed by atoms with van der Waals surface area (Å²) in [5, 5.41) is 9.51. The zero-order valence-corrected chi connectivity index (χ0v) is 15.2. The van der Waals surface area contributed by atoms with Gasteiger partial charge in [0.25, 0.3) is 0 Å². The molecule has 3 saturated carbocycles. The summed E-state index contributed by atoms with van der Waals surface area (Å²) in [5.41, 5.74) is 1.27. The van der Waals surface area contributed by atoms with Crippen molar-refractivity contribution in [3.63, 3.8) is 0 Å². The van der Waals surface area contributed by atoms with Crippen LogP contribution >= 0.6 is 0 Å². The fourth-order valence-electron chi connectivity index (χ4n) is 6.69. The Kier molecular flexibility index (Phi) is 4.47. The largest absolute Gasteiger partial charge is 0.359 e. The zero-order chi connectivity index (χ0) is 16.7. The highest BCUT2D eigenvalue weighted by atomic mass is 16.7. The maximum atomic E-state index is 9.51. The fourth-order valence-corrected chi connectivity index (χ4v) is 6.69. The van der Waals surface area contributed by atoms with Crippen LogP contribution in [-0.2, 0) is 9.47 Å². The third kappa shape index (κ3) is 2.63. The summed E-state index contributed by atoms with van der Waals surface area (Å²) in [5.74, 6) is 4.22. The number of hydrogen-bond acceptors (Lipinski definition) is 3. The van der Waals surface area contributed by atoms with Crippen molar-refractivity contribution in [1.29, 1.82) is 5.26 Å². The standard InChI is InChI=1S/C21H31NO2/c1-21-8-7-15-9-16-10-18(24-13-23-2)5-3-14(16)11-19(15)20(21)6-4-17(21)12-22/h4,14-16,18-20H,3,5-11,13H2,1-2H3/t14-,15+,16+,18-,19+,20-,21+/m0/s1. The van der Waals surface area contributed by atoms with Gasteiger partial charge in [-0.1, -0.05) is 13.0 Å². The van der Waals surface area contributed by atoms with E-state index < -0.39 is 0 Å². The molecule has 0 aromatic heterocycles. The fraction of sp³-hybridized carbons (Fsp3) is 0.857. The molecule has 0 aliphatic heterocycles. The maximum Gasteiger partial charge on any atom is 0.146 e. The van der Waals surface area contributed by atoms with Gasteiger partial charge in [0.2, 0.25) is 0 Å². The highest BCUT2D eigenvalue weighted by molar-refractivity contribution is 5.35. The SMILES string of the molecule is COCO[C@H]1CC[C@H]2C[C@@H]3[C@H](CC[C@]4(C)C(C#N)=CC[C@@H]34)C[C@@H]2C1. The summed E-state index contributed by atoms with van der Waals surface area (Å²) in [6.45, 7) is 2.81. The molecule has 7 atom stereocenters. The van der Waals surface area contributed by atoms with E-state index in [1.54, 1.807) is 7.11 Å². The number of ether oxygens (including phenoxy) is 2. The molecule has 4 rings (SSSR count). The van der Waals surface area contributed by atoms with E-state index in [2.05, 4.69) is 19.1 Å². The Hall–Kier alpha value is -0.850. The summed E-state index contributed by atoms with van der Waals surface area (Å²) in [6.07, 6.45) is 12.9. The van der Waals surface area contributed by atoms with E-state index in [1.165, 1.54) is 44.9 Å². The number of nitriles is 1. The maximum absolute atomic E-state index is 9.51. The van der Waals surface area contributed by atoms with E-state index >= 15 is 0 Å². The van der Waals surface area contributed by atoms with Crippen LogP contribution in [0.2, 0.25) is 0 Å². The van der Waals surface area contributed by atoms with Gasteiger partial charge in [0.15, 0.2) is 0 Å². The summed E-state index contributed by atoms with van der Waals surface area (Å²) in [4.78, 5) is 0. The molecule has 132 valence electrons. The molecule has 0 amide bonds. The predicted molar refractivity (Wildman–Crippen MR) is 92.9 cm³/mol. The van der Waals surface area contributed by atoms with Gasteiger partial charge < -0.3 is 9.47 Å². The average molecular weight is 329 g/mol. The predicted octanol–water partition coefficient (Wildman–Crippen LogP) is 4.69. The molecule has 0 radical (unpaired) electrons. The van der Waals surface area contributed by atoms with Crippen LogP contribution in [0.25, 0.3) is 0 Å². The molecule has 3 heteroatoms. The van der Waals surface area contributed by atoms with Crippen molar-refractivity contribution in [2.75, 3.05) is 13.9 Å². The first kappa shape index (κ1) is 16.6. The summed E-state index contributed by atoms with van der Waals surface area (Å²) >= 11 is 0. The van der Waals surface area contributed by atoms with Crippen LogP contribution in [0.15, 0.2) is 11.6 Å². The van der Waals surface area contributed by atoms with Crippen molar-refractivity contribution in [2.45, 2.75) is 64.4 Å². The first-order chi connectivity index (χ1) is 11.7. The Bertz CT molecular complexity index is 551. The lowest BCUT2D eigenvalue weighted by atomic mass is 9.51. The number of hydrogen-bond donors (Lipinski definition) is 0. The monoisotopic (exact) mass is 329 g/mol. The molecule has 3 nitrogen and oxygen atoms in total. The molecule has 0 heterocycles. The number of methoxy groups -OCH3 is 1. The van der Waals surface area contributed by atoms with Crippen LogP contribution in [0.3, 0.4) is 0 Å². The van der Waals surface area contributed by atoms with Gasteiger partial charge in [0.05, 0.1) is 12.2 Å². The van der Waals surface area contributed by atoms with E-state index in [4.69, 9.17) is 9.47 Å². The van der Waals surface area contributed by atoms with Gasteiger partial charge in [0, 0.05) is 18.1 Å². The van der Waals surface area contributed by atoms with E-state index in [9.17, 15) is 5.26 Å². The third-order valence-corrected chi connectivity index (χ3v) is 7.98. The van der Waals surface area contributed by atoms with Gasteiger partial charge in [-0.05, 0) is 81.0 Å². The van der Waals surface area contributed by atoms with Crippen LogP contribution in [0, 0.1) is 46.3 Å². The molecule has 0 aromatic rings. The molecule has 0 N–H and O–H groups in total. The van der Waals surface area contributed by atoms with Crippen molar-refractivity contribution in [2.24, 2.45) is 35.0 Å². The molecular weight excluding hydrogens is 298 g/mol. The second-order valence-corrected chi connectivity index (χ2v) is 8.95. The number of nitrogens with zero attached hydrogens (tertiary/aromatic N) is 1. The summed E-state index contributed by atoms with van der Waals surface area (Å²) < 4.78 is 11.0. The number of fused-ring (bicyclic) bond motifs is 4. The van der Waals surface area contributed by atoms with Crippen LogP contribution in [-0.4, -0.2) is 20.0 Å². The van der Waals surface area contributed by atoms with E-state index in [-0.39, 0.29) is 5.41 Å². The molecule has 0 spiro atoms. The van der Waals surface area contributed by atoms with Crippen LogP contribution in [0.4, 0.5) is 0 Å². The molecule has 0 saturated heterocycles. The van der Waals surface area contributed by atoms with Gasteiger partial charge in [-0.2, -0.15) is 5.26 Å².